The minimum absolute atomic E-state index is 0.0371. The maximum Gasteiger partial charge on any atom is 0.230 e. The van der Waals surface area contributed by atoms with Crippen LogP contribution < -0.4 is 0 Å². The Balaban J connectivity index is 1.76. The summed E-state index contributed by atoms with van der Waals surface area (Å²) in [5.41, 5.74) is -0.0371. The van der Waals surface area contributed by atoms with Crippen molar-refractivity contribution in [3.8, 4) is 0 Å². The molecule has 2 fully saturated rings. The molecule has 1 aromatic heterocycles. The molecule has 1 spiro atoms. The van der Waals surface area contributed by atoms with Crippen LogP contribution in [0.15, 0.2) is 6.33 Å². The van der Waals surface area contributed by atoms with Crippen LogP contribution in [0.4, 0.5) is 0 Å². The van der Waals surface area contributed by atoms with Crippen LogP contribution in [0.25, 0.3) is 0 Å². The van der Waals surface area contributed by atoms with Gasteiger partial charge in [0.25, 0.3) is 0 Å². The van der Waals surface area contributed by atoms with E-state index in [-0.39, 0.29) is 23.8 Å². The van der Waals surface area contributed by atoms with Gasteiger partial charge in [0, 0.05) is 19.9 Å². The van der Waals surface area contributed by atoms with Crippen LogP contribution in [0, 0.1) is 5.41 Å². The van der Waals surface area contributed by atoms with E-state index < -0.39 is 0 Å². The first-order valence-electron chi connectivity index (χ1n) is 6.76. The Bertz CT molecular complexity index is 496. The number of aryl methyl sites for hydroxylation is 1. The van der Waals surface area contributed by atoms with Gasteiger partial charge in [0.2, 0.25) is 11.8 Å². The van der Waals surface area contributed by atoms with Crippen molar-refractivity contribution in [3.05, 3.63) is 12.2 Å². The number of carbonyl (C=O) groups excluding carboxylic acids is 2. The lowest BCUT2D eigenvalue weighted by atomic mass is 9.76. The second-order valence-electron chi connectivity index (χ2n) is 5.79. The van der Waals surface area contributed by atoms with Gasteiger partial charge in [-0.2, -0.15) is 0 Å². The Morgan fingerprint density at radius 1 is 1.21 bits per heavy atom. The molecular weight excluding hydrogens is 244 g/mol. The van der Waals surface area contributed by atoms with Gasteiger partial charge in [0.1, 0.15) is 6.33 Å². The van der Waals surface area contributed by atoms with Crippen molar-refractivity contribution in [1.82, 2.24) is 19.7 Å². The van der Waals surface area contributed by atoms with E-state index in [1.54, 1.807) is 10.9 Å². The minimum atomic E-state index is -0.0545. The molecule has 1 saturated heterocycles. The number of nitrogens with zero attached hydrogens (tertiary/aromatic N) is 4. The third-order valence-electron chi connectivity index (χ3n) is 4.42. The maximum atomic E-state index is 12.3. The lowest BCUT2D eigenvalue weighted by Crippen LogP contribution is -2.47. The van der Waals surface area contributed by atoms with E-state index in [0.29, 0.717) is 18.7 Å². The number of rotatable bonds is 2. The van der Waals surface area contributed by atoms with Crippen LogP contribution in [0.2, 0.25) is 0 Å². The van der Waals surface area contributed by atoms with Crippen molar-refractivity contribution in [2.24, 2.45) is 12.5 Å². The Morgan fingerprint density at radius 3 is 2.37 bits per heavy atom. The summed E-state index contributed by atoms with van der Waals surface area (Å²) in [5.74, 6) is 0.534. The quantitative estimate of drug-likeness (QED) is 0.746. The van der Waals surface area contributed by atoms with E-state index in [1.165, 1.54) is 4.90 Å². The first-order chi connectivity index (χ1) is 9.10. The molecule has 2 amide bonds. The fraction of sp³-hybridized carbons (Fsp3) is 0.692. The molecule has 102 valence electrons. The zero-order valence-corrected chi connectivity index (χ0v) is 11.1. The normalized spacial score (nSPS) is 22.5. The summed E-state index contributed by atoms with van der Waals surface area (Å²) in [6.45, 7) is 0.240. The molecule has 0 bridgehead atoms. The largest absolute Gasteiger partial charge is 0.319 e. The average Bonchev–Trinajstić information content (AvgIpc) is 2.94. The van der Waals surface area contributed by atoms with Crippen LogP contribution in [-0.2, 0) is 23.2 Å². The molecule has 1 saturated carbocycles. The first-order valence-corrected chi connectivity index (χ1v) is 6.76. The van der Waals surface area contributed by atoms with Crippen molar-refractivity contribution < 1.29 is 9.59 Å². The molecule has 3 rings (SSSR count). The Kier molecular flexibility index (Phi) is 2.88. The summed E-state index contributed by atoms with van der Waals surface area (Å²) in [6, 6.07) is 0. The first kappa shape index (κ1) is 12.3. The van der Waals surface area contributed by atoms with E-state index in [4.69, 9.17) is 0 Å². The van der Waals surface area contributed by atoms with Crippen molar-refractivity contribution in [2.45, 2.75) is 45.1 Å². The van der Waals surface area contributed by atoms with Crippen molar-refractivity contribution in [1.29, 1.82) is 0 Å². The minimum Gasteiger partial charge on any atom is -0.319 e. The fourth-order valence-electron chi connectivity index (χ4n) is 3.28. The molecule has 0 aromatic carbocycles. The zero-order chi connectivity index (χ0) is 13.5. The van der Waals surface area contributed by atoms with Crippen LogP contribution in [-0.4, -0.2) is 31.5 Å². The standard InChI is InChI=1S/C13H18N4O2/c1-16-9-14-15-10(16)8-17-11(18)6-13(7-12(17)19)4-2-3-5-13/h9H,2-8H2,1H3. The highest BCUT2D eigenvalue weighted by molar-refractivity contribution is 5.98. The maximum absolute atomic E-state index is 12.3. The lowest BCUT2D eigenvalue weighted by Gasteiger charge is -2.36. The molecule has 0 unspecified atom stereocenters. The molecule has 0 radical (unpaired) electrons. The van der Waals surface area contributed by atoms with Crippen LogP contribution in [0.3, 0.4) is 0 Å². The number of amides is 2. The fourth-order valence-corrected chi connectivity index (χ4v) is 3.28. The second-order valence-corrected chi connectivity index (χ2v) is 5.79. The molecule has 2 aliphatic rings. The second kappa shape index (κ2) is 4.43. The number of piperidine rings is 1. The molecule has 1 aliphatic heterocycles. The van der Waals surface area contributed by atoms with Crippen molar-refractivity contribution >= 4 is 11.8 Å². The summed E-state index contributed by atoms with van der Waals surface area (Å²) < 4.78 is 1.74. The molecule has 6 heteroatoms. The van der Waals surface area contributed by atoms with Gasteiger partial charge in [-0.3, -0.25) is 14.5 Å². The number of hydrogen-bond donors (Lipinski definition) is 0. The van der Waals surface area contributed by atoms with Crippen molar-refractivity contribution in [2.75, 3.05) is 0 Å². The van der Waals surface area contributed by atoms with E-state index in [9.17, 15) is 9.59 Å². The highest BCUT2D eigenvalue weighted by Gasteiger charge is 2.45. The van der Waals surface area contributed by atoms with E-state index >= 15 is 0 Å². The molecule has 0 N–H and O–H groups in total. The predicted octanol–water partition coefficient (Wildman–Crippen LogP) is 1.02. The lowest BCUT2D eigenvalue weighted by molar-refractivity contribution is -0.154. The van der Waals surface area contributed by atoms with Gasteiger partial charge in [-0.05, 0) is 18.3 Å². The highest BCUT2D eigenvalue weighted by Crippen LogP contribution is 2.47. The number of carbonyl (C=O) groups is 2. The van der Waals surface area contributed by atoms with Gasteiger partial charge in [-0.1, -0.05) is 12.8 Å². The monoisotopic (exact) mass is 262 g/mol. The third kappa shape index (κ3) is 2.15. The number of aromatic nitrogens is 3. The predicted molar refractivity (Wildman–Crippen MR) is 66.7 cm³/mol. The average molecular weight is 262 g/mol. The summed E-state index contributed by atoms with van der Waals surface area (Å²) in [4.78, 5) is 25.8. The summed E-state index contributed by atoms with van der Waals surface area (Å²) in [7, 11) is 1.81. The Hall–Kier alpha value is -1.72. The number of likely N-dealkylation sites (tertiary alicyclic amines) is 1. The van der Waals surface area contributed by atoms with E-state index in [1.807, 2.05) is 7.05 Å². The van der Waals surface area contributed by atoms with Crippen LogP contribution in [0.5, 0.6) is 0 Å². The summed E-state index contributed by atoms with van der Waals surface area (Å²) in [5, 5.41) is 7.71. The van der Waals surface area contributed by atoms with Gasteiger partial charge in [0.05, 0.1) is 6.54 Å². The molecule has 1 aromatic rings. The number of hydrogen-bond acceptors (Lipinski definition) is 4. The molecule has 1 aliphatic carbocycles. The van der Waals surface area contributed by atoms with E-state index in [0.717, 1.165) is 25.7 Å². The van der Waals surface area contributed by atoms with Crippen molar-refractivity contribution in [3.63, 3.8) is 0 Å². The molecule has 0 atom stereocenters. The highest BCUT2D eigenvalue weighted by atomic mass is 16.2. The van der Waals surface area contributed by atoms with Gasteiger partial charge in [0.15, 0.2) is 5.82 Å². The van der Waals surface area contributed by atoms with Gasteiger partial charge < -0.3 is 4.57 Å². The smallest absolute Gasteiger partial charge is 0.230 e. The molecule has 6 nitrogen and oxygen atoms in total. The molecule has 2 heterocycles. The molecule has 19 heavy (non-hydrogen) atoms. The Labute approximate surface area is 111 Å². The zero-order valence-electron chi connectivity index (χ0n) is 11.1. The van der Waals surface area contributed by atoms with Gasteiger partial charge in [-0.25, -0.2) is 0 Å². The summed E-state index contributed by atoms with van der Waals surface area (Å²) >= 11 is 0. The van der Waals surface area contributed by atoms with E-state index in [2.05, 4.69) is 10.2 Å². The van der Waals surface area contributed by atoms with Crippen LogP contribution in [0.1, 0.15) is 44.3 Å². The van der Waals surface area contributed by atoms with Crippen LogP contribution >= 0.6 is 0 Å². The Morgan fingerprint density at radius 2 is 1.84 bits per heavy atom. The SMILES string of the molecule is Cn1cnnc1CN1C(=O)CC2(CCCC2)CC1=O. The van der Waals surface area contributed by atoms with Gasteiger partial charge in [-0.15, -0.1) is 10.2 Å². The van der Waals surface area contributed by atoms with Gasteiger partial charge >= 0.3 is 0 Å². The molecular formula is C13H18N4O2. The topological polar surface area (TPSA) is 68.1 Å². The number of imide groups is 1. The summed E-state index contributed by atoms with van der Waals surface area (Å²) in [6.07, 6.45) is 6.91. The third-order valence-corrected chi connectivity index (χ3v) is 4.42.